The topological polar surface area (TPSA) is 78.9 Å². The van der Waals surface area contributed by atoms with E-state index >= 15 is 0 Å². The van der Waals surface area contributed by atoms with Crippen molar-refractivity contribution in [2.75, 3.05) is 5.75 Å². The molecule has 0 bridgehead atoms. The van der Waals surface area contributed by atoms with Crippen molar-refractivity contribution in [1.29, 1.82) is 0 Å². The number of halogens is 1. The number of hydrogen-bond acceptors (Lipinski definition) is 5. The maximum absolute atomic E-state index is 13.0. The molecule has 152 valence electrons. The highest BCUT2D eigenvalue weighted by Gasteiger charge is 2.35. The number of amides is 2. The second kappa shape index (κ2) is 8.69. The second-order valence-electron chi connectivity index (χ2n) is 6.49. The smallest absolute Gasteiger partial charge is 0.273 e. The first-order chi connectivity index (χ1) is 14.5. The van der Waals surface area contributed by atoms with Crippen molar-refractivity contribution >= 4 is 35.2 Å². The van der Waals surface area contributed by atoms with Gasteiger partial charge in [-0.2, -0.15) is 0 Å². The molecule has 4 rings (SSSR count). The van der Waals surface area contributed by atoms with Gasteiger partial charge < -0.3 is 9.84 Å². The SMILES string of the molecule is O=C(NN1C(=O)CSC1c1ccc(O)cc1)c1ccccc1Oc1ccccc1Cl. The zero-order valence-corrected chi connectivity index (χ0v) is 17.2. The highest BCUT2D eigenvalue weighted by Crippen LogP contribution is 2.38. The predicted octanol–water partition coefficient (Wildman–Crippen LogP) is 4.76. The zero-order chi connectivity index (χ0) is 21.1. The lowest BCUT2D eigenvalue weighted by atomic mass is 10.2. The van der Waals surface area contributed by atoms with E-state index in [-0.39, 0.29) is 23.0 Å². The Morgan fingerprint density at radius 1 is 1.03 bits per heavy atom. The van der Waals surface area contributed by atoms with Gasteiger partial charge in [0.2, 0.25) is 0 Å². The molecule has 8 heteroatoms. The van der Waals surface area contributed by atoms with E-state index in [0.29, 0.717) is 16.5 Å². The average Bonchev–Trinajstić information content (AvgIpc) is 3.11. The van der Waals surface area contributed by atoms with Gasteiger partial charge in [-0.15, -0.1) is 11.8 Å². The minimum Gasteiger partial charge on any atom is -0.508 e. The Balaban J connectivity index is 1.57. The number of nitrogens with zero attached hydrogens (tertiary/aromatic N) is 1. The molecule has 1 aliphatic heterocycles. The van der Waals surface area contributed by atoms with Gasteiger partial charge in [0, 0.05) is 0 Å². The molecule has 1 atom stereocenters. The fourth-order valence-electron chi connectivity index (χ4n) is 2.99. The Morgan fingerprint density at radius 2 is 1.70 bits per heavy atom. The van der Waals surface area contributed by atoms with Crippen molar-refractivity contribution in [3.05, 3.63) is 88.9 Å². The quantitative estimate of drug-likeness (QED) is 0.598. The standard InChI is InChI=1S/C22H17ClN2O4S/c23-17-6-2-4-8-19(17)29-18-7-3-1-5-16(18)21(28)24-25-20(27)13-30-22(25)14-9-11-15(26)12-10-14/h1-12,22,26H,13H2,(H,24,28). The Labute approximate surface area is 182 Å². The number of hydrogen-bond donors (Lipinski definition) is 2. The Morgan fingerprint density at radius 3 is 2.43 bits per heavy atom. The number of phenolic OH excluding ortho intramolecular Hbond substituents is 1. The van der Waals surface area contributed by atoms with Gasteiger partial charge in [-0.25, -0.2) is 5.01 Å². The summed E-state index contributed by atoms with van der Waals surface area (Å²) in [6.07, 6.45) is 0. The molecule has 1 unspecified atom stereocenters. The summed E-state index contributed by atoms with van der Waals surface area (Å²) in [5, 5.41) is 10.8. The van der Waals surface area contributed by atoms with E-state index in [0.717, 1.165) is 5.56 Å². The molecule has 0 spiro atoms. The molecule has 1 heterocycles. The zero-order valence-electron chi connectivity index (χ0n) is 15.6. The van der Waals surface area contributed by atoms with E-state index in [1.165, 1.54) is 16.8 Å². The maximum atomic E-state index is 13.0. The van der Waals surface area contributed by atoms with Gasteiger partial charge in [0.05, 0.1) is 16.3 Å². The molecule has 1 fully saturated rings. The third-order valence-corrected chi connectivity index (χ3v) is 5.98. The van der Waals surface area contributed by atoms with E-state index < -0.39 is 11.3 Å². The average molecular weight is 441 g/mol. The summed E-state index contributed by atoms with van der Waals surface area (Å²) >= 11 is 7.56. The number of nitrogens with one attached hydrogen (secondary N) is 1. The van der Waals surface area contributed by atoms with Gasteiger partial charge in [-0.1, -0.05) is 48.0 Å². The van der Waals surface area contributed by atoms with Crippen molar-refractivity contribution in [1.82, 2.24) is 10.4 Å². The number of hydrazine groups is 1. The van der Waals surface area contributed by atoms with E-state index in [4.69, 9.17) is 16.3 Å². The molecule has 0 aliphatic carbocycles. The molecule has 1 saturated heterocycles. The van der Waals surface area contributed by atoms with Crippen LogP contribution in [0.25, 0.3) is 0 Å². The minimum absolute atomic E-state index is 0.134. The van der Waals surface area contributed by atoms with E-state index in [1.54, 1.807) is 72.8 Å². The highest BCUT2D eigenvalue weighted by molar-refractivity contribution is 8.00. The largest absolute Gasteiger partial charge is 0.508 e. The summed E-state index contributed by atoms with van der Waals surface area (Å²) in [5.74, 6) is 0.434. The van der Waals surface area contributed by atoms with Crippen LogP contribution in [0.4, 0.5) is 0 Å². The number of aromatic hydroxyl groups is 1. The van der Waals surface area contributed by atoms with Crippen LogP contribution >= 0.6 is 23.4 Å². The van der Waals surface area contributed by atoms with Gasteiger partial charge in [0.25, 0.3) is 11.8 Å². The summed E-state index contributed by atoms with van der Waals surface area (Å²) in [6.45, 7) is 0. The lowest BCUT2D eigenvalue weighted by Crippen LogP contribution is -2.44. The maximum Gasteiger partial charge on any atom is 0.273 e. The van der Waals surface area contributed by atoms with Crippen LogP contribution < -0.4 is 10.2 Å². The van der Waals surface area contributed by atoms with E-state index in [1.807, 2.05) is 0 Å². The summed E-state index contributed by atoms with van der Waals surface area (Å²) in [4.78, 5) is 25.4. The van der Waals surface area contributed by atoms with E-state index in [9.17, 15) is 14.7 Å². The number of phenols is 1. The molecule has 1 aliphatic rings. The van der Waals surface area contributed by atoms with Crippen molar-refractivity contribution in [2.24, 2.45) is 0 Å². The molecule has 0 saturated carbocycles. The number of thioether (sulfide) groups is 1. The monoisotopic (exact) mass is 440 g/mol. The summed E-state index contributed by atoms with van der Waals surface area (Å²) in [6, 6.07) is 20.3. The van der Waals surface area contributed by atoms with Gasteiger partial charge >= 0.3 is 0 Å². The molecule has 6 nitrogen and oxygen atoms in total. The number of benzene rings is 3. The number of carbonyl (C=O) groups excluding carboxylic acids is 2. The number of ether oxygens (including phenoxy) is 1. The van der Waals surface area contributed by atoms with Gasteiger partial charge in [0.15, 0.2) is 0 Å². The van der Waals surface area contributed by atoms with Crippen molar-refractivity contribution in [3.63, 3.8) is 0 Å². The summed E-state index contributed by atoms with van der Waals surface area (Å²) in [5.41, 5.74) is 3.76. The van der Waals surface area contributed by atoms with Gasteiger partial charge in [0.1, 0.15) is 22.6 Å². The van der Waals surface area contributed by atoms with Crippen LogP contribution in [-0.4, -0.2) is 27.7 Å². The number of carbonyl (C=O) groups is 2. The third-order valence-electron chi connectivity index (χ3n) is 4.46. The Bertz CT molecular complexity index is 1090. The fourth-order valence-corrected chi connectivity index (χ4v) is 4.27. The first-order valence-corrected chi connectivity index (χ1v) is 10.5. The number of para-hydroxylation sites is 2. The van der Waals surface area contributed by atoms with Crippen molar-refractivity contribution in [2.45, 2.75) is 5.37 Å². The van der Waals surface area contributed by atoms with Crippen LogP contribution in [-0.2, 0) is 4.79 Å². The van der Waals surface area contributed by atoms with Crippen LogP contribution in [0.5, 0.6) is 17.2 Å². The molecular formula is C22H17ClN2O4S. The summed E-state index contributed by atoms with van der Waals surface area (Å²) < 4.78 is 5.85. The first-order valence-electron chi connectivity index (χ1n) is 9.08. The molecular weight excluding hydrogens is 424 g/mol. The van der Waals surface area contributed by atoms with Gasteiger partial charge in [-0.05, 0) is 42.0 Å². The Hall–Kier alpha value is -3.16. The number of rotatable bonds is 5. The van der Waals surface area contributed by atoms with E-state index in [2.05, 4.69) is 5.43 Å². The van der Waals surface area contributed by atoms with Crippen LogP contribution in [0.1, 0.15) is 21.3 Å². The van der Waals surface area contributed by atoms with Crippen molar-refractivity contribution < 1.29 is 19.4 Å². The van der Waals surface area contributed by atoms with Crippen molar-refractivity contribution in [3.8, 4) is 17.2 Å². The normalized spacial score (nSPS) is 15.8. The molecule has 2 N–H and O–H groups in total. The molecule has 0 radical (unpaired) electrons. The van der Waals surface area contributed by atoms with Crippen LogP contribution in [0.2, 0.25) is 5.02 Å². The predicted molar refractivity (Wildman–Crippen MR) is 116 cm³/mol. The summed E-state index contributed by atoms with van der Waals surface area (Å²) in [7, 11) is 0. The lowest BCUT2D eigenvalue weighted by molar-refractivity contribution is -0.130. The highest BCUT2D eigenvalue weighted by atomic mass is 35.5. The minimum atomic E-state index is -0.475. The molecule has 2 amide bonds. The molecule has 30 heavy (non-hydrogen) atoms. The second-order valence-corrected chi connectivity index (χ2v) is 7.96. The fraction of sp³-hybridized carbons (Fsp3) is 0.0909. The Kier molecular flexibility index (Phi) is 5.83. The van der Waals surface area contributed by atoms with Crippen LogP contribution in [0.15, 0.2) is 72.8 Å². The van der Waals surface area contributed by atoms with Gasteiger partial charge in [-0.3, -0.25) is 15.0 Å². The lowest BCUT2D eigenvalue weighted by Gasteiger charge is -2.25. The first kappa shape index (κ1) is 20.1. The van der Waals surface area contributed by atoms with Crippen LogP contribution in [0, 0.1) is 0 Å². The molecule has 0 aromatic heterocycles. The molecule has 3 aromatic rings. The third kappa shape index (κ3) is 4.22. The molecule has 3 aromatic carbocycles. The van der Waals surface area contributed by atoms with Crippen LogP contribution in [0.3, 0.4) is 0 Å².